The number of hydrogen-bond acceptors (Lipinski definition) is 12. The normalized spacial score (nSPS) is 11.5. The highest BCUT2D eigenvalue weighted by molar-refractivity contribution is 7.93. The zero-order chi connectivity index (χ0) is 35.2. The van der Waals surface area contributed by atoms with Gasteiger partial charge in [-0.25, -0.2) is 16.8 Å². The average Bonchev–Trinajstić information content (AvgIpc) is 3.63. The highest BCUT2D eigenvalue weighted by Gasteiger charge is 2.18. The van der Waals surface area contributed by atoms with E-state index >= 15 is 0 Å². The first-order chi connectivity index (χ1) is 22.8. The molecule has 13 nitrogen and oxygen atoms in total. The number of sulfonamides is 2. The van der Waals surface area contributed by atoms with Gasteiger partial charge < -0.3 is 11.1 Å². The van der Waals surface area contributed by atoms with E-state index in [1.807, 2.05) is 0 Å². The number of aryl methyl sites for hydroxylation is 1. The molecule has 4 aromatic rings. The van der Waals surface area contributed by atoms with Crippen LogP contribution in [0.2, 0.25) is 0 Å². The fourth-order valence-corrected chi connectivity index (χ4v) is 8.25. The van der Waals surface area contributed by atoms with Crippen LogP contribution in [0.1, 0.15) is 82.2 Å². The number of nitrogens with two attached hydrogens (primary N) is 1. The number of amides is 1. The molecule has 0 aliphatic carbocycles. The molecule has 4 rings (SSSR count). The second-order valence-electron chi connectivity index (χ2n) is 11.4. The van der Waals surface area contributed by atoms with Gasteiger partial charge in [-0.2, -0.15) is 0 Å². The molecule has 2 aromatic carbocycles. The topological polar surface area (TPSA) is 199 Å². The van der Waals surface area contributed by atoms with Gasteiger partial charge >= 0.3 is 0 Å². The highest BCUT2D eigenvalue weighted by Crippen LogP contribution is 2.23. The molecule has 2 aromatic heterocycles. The van der Waals surface area contributed by atoms with Crippen LogP contribution in [0.4, 0.5) is 21.6 Å². The highest BCUT2D eigenvalue weighted by atomic mass is 32.2. The van der Waals surface area contributed by atoms with Crippen LogP contribution in [-0.4, -0.2) is 43.1 Å². The molecule has 0 saturated carbocycles. The largest absolute Gasteiger partial charge is 0.399 e. The summed E-state index contributed by atoms with van der Waals surface area (Å²) in [5, 5.41) is 20.2. The van der Waals surface area contributed by atoms with Gasteiger partial charge in [0.05, 0.1) is 9.79 Å². The molecular weight excluding hydrogens is 693 g/mol. The van der Waals surface area contributed by atoms with Crippen LogP contribution in [0.15, 0.2) is 58.3 Å². The molecule has 2 heterocycles. The molecule has 0 bridgehead atoms. The van der Waals surface area contributed by atoms with Gasteiger partial charge in [0, 0.05) is 24.2 Å². The van der Waals surface area contributed by atoms with Gasteiger partial charge in [0.25, 0.3) is 20.0 Å². The number of nitrogens with zero attached hydrogens (tertiary/aromatic N) is 4. The Labute approximate surface area is 291 Å². The van der Waals surface area contributed by atoms with Gasteiger partial charge in [-0.3, -0.25) is 14.2 Å². The Morgan fingerprint density at radius 2 is 1.27 bits per heavy atom. The fourth-order valence-electron chi connectivity index (χ4n) is 4.24. The minimum absolute atomic E-state index is 0.0494. The van der Waals surface area contributed by atoms with Crippen LogP contribution in [0.3, 0.4) is 0 Å². The summed E-state index contributed by atoms with van der Waals surface area (Å²) in [6, 6.07) is 12.1. The first-order valence-corrected chi connectivity index (χ1v) is 20.3. The number of rotatable bonds is 17. The van der Waals surface area contributed by atoms with Crippen LogP contribution >= 0.6 is 22.7 Å². The van der Waals surface area contributed by atoms with E-state index in [-0.39, 0.29) is 26.0 Å². The summed E-state index contributed by atoms with van der Waals surface area (Å²) in [6.45, 7) is 8.08. The number of nitrogens with one attached hydrogen (secondary N) is 3. The Morgan fingerprint density at radius 3 is 1.81 bits per heavy atom. The lowest BCUT2D eigenvalue weighted by Crippen LogP contribution is -2.14. The summed E-state index contributed by atoms with van der Waals surface area (Å²) in [7, 11) is -7.37. The van der Waals surface area contributed by atoms with E-state index in [9.17, 15) is 21.6 Å². The molecular formula is C31H44N8O5S4. The Morgan fingerprint density at radius 1 is 0.750 bits per heavy atom. The molecule has 0 unspecified atom stereocenters. The minimum atomic E-state index is -3.73. The summed E-state index contributed by atoms with van der Waals surface area (Å²) >= 11 is 2.41. The molecule has 48 heavy (non-hydrogen) atoms. The summed E-state index contributed by atoms with van der Waals surface area (Å²) in [4.78, 5) is 12.3. The van der Waals surface area contributed by atoms with Crippen molar-refractivity contribution >= 4 is 70.3 Å². The van der Waals surface area contributed by atoms with E-state index in [4.69, 9.17) is 5.73 Å². The first-order valence-electron chi connectivity index (χ1n) is 15.7. The van der Waals surface area contributed by atoms with E-state index in [0.29, 0.717) is 28.7 Å². The maximum Gasteiger partial charge on any atom is 0.263 e. The fraction of sp³-hybridized carbons (Fsp3) is 0.452. The Balaban J connectivity index is 0.000000275. The zero-order valence-electron chi connectivity index (χ0n) is 27.6. The summed E-state index contributed by atoms with van der Waals surface area (Å²) in [6.07, 6.45) is 9.37. The maximum absolute atomic E-state index is 12.4. The van der Waals surface area contributed by atoms with E-state index in [0.717, 1.165) is 24.3 Å². The molecule has 1 amide bonds. The average molecular weight is 737 g/mol. The third kappa shape index (κ3) is 13.4. The molecule has 0 fully saturated rings. The monoisotopic (exact) mass is 736 g/mol. The molecule has 262 valence electrons. The molecule has 0 atom stereocenters. The molecule has 0 aliphatic rings. The van der Waals surface area contributed by atoms with Gasteiger partial charge in [0.2, 0.25) is 16.2 Å². The molecule has 17 heteroatoms. The standard InChI is InChI=1S/C19H28N4O3S2.C12H16N4O2S2/c1-3-4-5-6-7-8-9-10-18(24)20-16-11-13-17(14-12-16)28(25,26)23-19-22-21-15(2)27-19;1-8(2)7-11-14-15-12(19-11)16-20(17,18)10-5-3-9(13)4-6-10/h11-14H,3-10H2,1-2H3,(H,20,24)(H,22,23);3-6,8H,7,13H2,1-2H3,(H,15,16). The van der Waals surface area contributed by atoms with Crippen molar-refractivity contribution in [1.29, 1.82) is 0 Å². The SMILES string of the molecule is CC(C)Cc1nnc(NS(=O)(=O)c2ccc(N)cc2)s1.CCCCCCCCCC(=O)Nc1ccc(S(=O)(=O)Nc2nnc(C)s2)cc1. The van der Waals surface area contributed by atoms with Crippen molar-refractivity contribution in [3.8, 4) is 0 Å². The van der Waals surface area contributed by atoms with Crippen LogP contribution in [0.5, 0.6) is 0 Å². The lowest BCUT2D eigenvalue weighted by Gasteiger charge is -2.08. The second-order valence-corrected chi connectivity index (χ2v) is 17.1. The third-order valence-corrected chi connectivity index (χ3v) is 11.2. The van der Waals surface area contributed by atoms with E-state index in [2.05, 4.69) is 55.9 Å². The Hall–Kier alpha value is -3.67. The van der Waals surface area contributed by atoms with Crippen molar-refractivity contribution in [2.45, 2.75) is 95.3 Å². The van der Waals surface area contributed by atoms with Crippen LogP contribution in [0.25, 0.3) is 0 Å². The van der Waals surface area contributed by atoms with Crippen molar-refractivity contribution in [3.63, 3.8) is 0 Å². The van der Waals surface area contributed by atoms with Gasteiger partial charge in [-0.05, 0) is 67.8 Å². The number of unbranched alkanes of at least 4 members (excludes halogenated alkanes) is 6. The zero-order valence-corrected chi connectivity index (χ0v) is 30.9. The van der Waals surface area contributed by atoms with Crippen LogP contribution in [0, 0.1) is 12.8 Å². The summed E-state index contributed by atoms with van der Waals surface area (Å²) < 4.78 is 53.8. The van der Waals surface area contributed by atoms with Crippen molar-refractivity contribution in [2.75, 3.05) is 20.5 Å². The molecule has 0 radical (unpaired) electrons. The van der Waals surface area contributed by atoms with Crippen molar-refractivity contribution in [1.82, 2.24) is 20.4 Å². The molecule has 0 aliphatic heterocycles. The van der Waals surface area contributed by atoms with Gasteiger partial charge in [-0.15, -0.1) is 20.4 Å². The van der Waals surface area contributed by atoms with E-state index in [1.54, 1.807) is 31.2 Å². The number of carbonyl (C=O) groups excluding carboxylic acids is 1. The lowest BCUT2D eigenvalue weighted by molar-refractivity contribution is -0.116. The summed E-state index contributed by atoms with van der Waals surface area (Å²) in [5.74, 6) is 0.399. The second kappa shape index (κ2) is 18.8. The number of aromatic nitrogens is 4. The molecule has 0 saturated heterocycles. The number of hydrogen-bond donors (Lipinski definition) is 4. The quantitative estimate of drug-likeness (QED) is 0.0657. The van der Waals surface area contributed by atoms with Gasteiger partial charge in [-0.1, -0.05) is 82.0 Å². The van der Waals surface area contributed by atoms with Gasteiger partial charge in [0.1, 0.15) is 10.0 Å². The lowest BCUT2D eigenvalue weighted by atomic mass is 10.1. The van der Waals surface area contributed by atoms with Crippen molar-refractivity contribution in [2.24, 2.45) is 5.92 Å². The van der Waals surface area contributed by atoms with Crippen molar-refractivity contribution in [3.05, 3.63) is 58.5 Å². The van der Waals surface area contributed by atoms with Crippen LogP contribution in [-0.2, 0) is 31.3 Å². The van der Waals surface area contributed by atoms with Gasteiger partial charge in [0.15, 0.2) is 0 Å². The third-order valence-electron chi connectivity index (χ3n) is 6.67. The first kappa shape index (κ1) is 38.8. The molecule has 5 N–H and O–H groups in total. The Kier molecular flexibility index (Phi) is 15.2. The minimum Gasteiger partial charge on any atom is -0.399 e. The Bertz CT molecular complexity index is 1790. The molecule has 0 spiro atoms. The maximum atomic E-state index is 12.4. The van der Waals surface area contributed by atoms with Crippen LogP contribution < -0.4 is 20.5 Å². The van der Waals surface area contributed by atoms with E-state index < -0.39 is 20.0 Å². The number of nitrogen functional groups attached to an aromatic ring is 1. The van der Waals surface area contributed by atoms with E-state index in [1.165, 1.54) is 79.0 Å². The number of benzene rings is 2. The number of anilines is 4. The number of carbonyl (C=O) groups is 1. The predicted octanol–water partition coefficient (Wildman–Crippen LogP) is 6.85. The van der Waals surface area contributed by atoms with Crippen molar-refractivity contribution < 1.29 is 21.6 Å². The summed E-state index contributed by atoms with van der Waals surface area (Å²) in [5.41, 5.74) is 6.63. The smallest absolute Gasteiger partial charge is 0.263 e. The predicted molar refractivity (Wildman–Crippen MR) is 193 cm³/mol.